The largest absolute Gasteiger partial charge is 0.367 e. The third-order valence-corrected chi connectivity index (χ3v) is 5.93. The van der Waals surface area contributed by atoms with Crippen LogP contribution in [0, 0.1) is 0 Å². The van der Waals surface area contributed by atoms with Crippen LogP contribution in [-0.2, 0) is 4.74 Å². The van der Waals surface area contributed by atoms with Crippen LogP contribution in [0.3, 0.4) is 0 Å². The Labute approximate surface area is 190 Å². The molecule has 0 saturated carbocycles. The van der Waals surface area contributed by atoms with E-state index in [4.69, 9.17) is 4.74 Å². The highest BCUT2D eigenvalue weighted by Gasteiger charge is 2.31. The van der Waals surface area contributed by atoms with Gasteiger partial charge in [-0.2, -0.15) is 0 Å². The van der Waals surface area contributed by atoms with Gasteiger partial charge in [0.05, 0.1) is 29.5 Å². The lowest BCUT2D eigenvalue weighted by Gasteiger charge is -2.37. The smallest absolute Gasteiger partial charge is 0.256 e. The van der Waals surface area contributed by atoms with Crippen molar-refractivity contribution >= 4 is 33.4 Å². The number of morpholine rings is 1. The number of nitrogens with zero attached hydrogens (tertiary/aromatic N) is 1. The number of para-hydroxylation sites is 1. The zero-order valence-electron chi connectivity index (χ0n) is 17.1. The summed E-state index contributed by atoms with van der Waals surface area (Å²) in [5, 5.41) is 2.89. The van der Waals surface area contributed by atoms with Crippen molar-refractivity contribution in [2.45, 2.75) is 19.1 Å². The number of hydrogen-bond acceptors (Lipinski definition) is 3. The molecule has 31 heavy (non-hydrogen) atoms. The van der Waals surface area contributed by atoms with Gasteiger partial charge in [-0.3, -0.25) is 9.59 Å². The lowest BCUT2D eigenvalue weighted by molar-refractivity contribution is -0.0691. The van der Waals surface area contributed by atoms with E-state index >= 15 is 0 Å². The zero-order chi connectivity index (χ0) is 21.8. The molecular formula is C25H23BrN2O3. The first-order chi connectivity index (χ1) is 15.0. The summed E-state index contributed by atoms with van der Waals surface area (Å²) in [5.74, 6) is -0.399. The molecular weight excluding hydrogens is 456 g/mol. The van der Waals surface area contributed by atoms with Crippen LogP contribution in [0.25, 0.3) is 0 Å². The quantitative estimate of drug-likeness (QED) is 0.553. The van der Waals surface area contributed by atoms with Gasteiger partial charge in [0, 0.05) is 11.0 Å². The summed E-state index contributed by atoms with van der Waals surface area (Å²) < 4.78 is 6.78. The fourth-order valence-corrected chi connectivity index (χ4v) is 4.22. The molecule has 1 saturated heterocycles. The van der Waals surface area contributed by atoms with E-state index in [1.54, 1.807) is 41.3 Å². The summed E-state index contributed by atoms with van der Waals surface area (Å²) in [6.45, 7) is 2.92. The van der Waals surface area contributed by atoms with Crippen LogP contribution in [0.5, 0.6) is 0 Å². The highest BCUT2D eigenvalue weighted by molar-refractivity contribution is 9.10. The standard InChI is InChI=1S/C25H23BrN2O3/c1-17-15-28(16-23(31-17)18-9-3-2-4-10-18)25(30)20-12-6-8-14-22(20)27-24(29)19-11-5-7-13-21(19)26/h2-14,17,23H,15-16H2,1H3,(H,27,29). The van der Waals surface area contributed by atoms with Crippen LogP contribution in [0.1, 0.15) is 39.3 Å². The minimum absolute atomic E-state index is 0.0927. The van der Waals surface area contributed by atoms with E-state index in [0.29, 0.717) is 34.4 Å². The lowest BCUT2D eigenvalue weighted by atomic mass is 10.0. The van der Waals surface area contributed by atoms with Crippen LogP contribution < -0.4 is 5.32 Å². The Hall–Kier alpha value is -2.96. The highest BCUT2D eigenvalue weighted by atomic mass is 79.9. The van der Waals surface area contributed by atoms with Crippen LogP contribution in [0.2, 0.25) is 0 Å². The highest BCUT2D eigenvalue weighted by Crippen LogP contribution is 2.28. The summed E-state index contributed by atoms with van der Waals surface area (Å²) in [4.78, 5) is 28.0. The Morgan fingerprint density at radius 1 is 0.903 bits per heavy atom. The minimum Gasteiger partial charge on any atom is -0.367 e. The number of carbonyl (C=O) groups is 2. The molecule has 0 aromatic heterocycles. The van der Waals surface area contributed by atoms with Crippen molar-refractivity contribution in [1.29, 1.82) is 0 Å². The number of nitrogens with one attached hydrogen (secondary N) is 1. The summed E-state index contributed by atoms with van der Waals surface area (Å²) >= 11 is 3.41. The Balaban J connectivity index is 1.56. The average Bonchev–Trinajstić information content (AvgIpc) is 2.79. The maximum absolute atomic E-state index is 13.4. The monoisotopic (exact) mass is 478 g/mol. The normalized spacial score (nSPS) is 18.5. The van der Waals surface area contributed by atoms with E-state index in [1.165, 1.54) is 0 Å². The van der Waals surface area contributed by atoms with Crippen LogP contribution in [0.15, 0.2) is 83.3 Å². The van der Waals surface area contributed by atoms with Crippen LogP contribution >= 0.6 is 15.9 Å². The van der Waals surface area contributed by atoms with E-state index in [0.717, 1.165) is 5.56 Å². The number of anilines is 1. The van der Waals surface area contributed by atoms with Crippen molar-refractivity contribution in [3.05, 3.63) is 100 Å². The second-order valence-corrected chi connectivity index (χ2v) is 8.39. The SMILES string of the molecule is CC1CN(C(=O)c2ccccc2NC(=O)c2ccccc2Br)CC(c2ccccc2)O1. The van der Waals surface area contributed by atoms with Gasteiger partial charge in [-0.15, -0.1) is 0 Å². The lowest BCUT2D eigenvalue weighted by Crippen LogP contribution is -2.46. The first kappa shape index (κ1) is 21.3. The van der Waals surface area contributed by atoms with Crippen molar-refractivity contribution in [1.82, 2.24) is 4.90 Å². The molecule has 0 spiro atoms. The third kappa shape index (κ3) is 4.86. The molecule has 1 aliphatic heterocycles. The molecule has 2 atom stereocenters. The average molecular weight is 479 g/mol. The summed E-state index contributed by atoms with van der Waals surface area (Å²) in [5.41, 5.74) is 2.50. The van der Waals surface area contributed by atoms with Crippen molar-refractivity contribution in [2.75, 3.05) is 18.4 Å². The minimum atomic E-state index is -0.273. The van der Waals surface area contributed by atoms with E-state index in [2.05, 4.69) is 21.2 Å². The molecule has 2 amide bonds. The van der Waals surface area contributed by atoms with Crippen LogP contribution in [0.4, 0.5) is 5.69 Å². The summed E-state index contributed by atoms with van der Waals surface area (Å²) in [6.07, 6.45) is -0.277. The van der Waals surface area contributed by atoms with Gasteiger partial charge in [0.25, 0.3) is 11.8 Å². The summed E-state index contributed by atoms with van der Waals surface area (Å²) in [7, 11) is 0. The number of hydrogen-bond donors (Lipinski definition) is 1. The molecule has 2 unspecified atom stereocenters. The number of rotatable bonds is 4. The second kappa shape index (κ2) is 9.45. The Bertz CT molecular complexity index is 1090. The zero-order valence-corrected chi connectivity index (χ0v) is 18.7. The molecule has 0 aliphatic carbocycles. The number of carbonyl (C=O) groups excluding carboxylic acids is 2. The van der Waals surface area contributed by atoms with E-state index in [9.17, 15) is 9.59 Å². The van der Waals surface area contributed by atoms with Crippen molar-refractivity contribution in [3.8, 4) is 0 Å². The molecule has 1 N–H and O–H groups in total. The topological polar surface area (TPSA) is 58.6 Å². The fourth-order valence-electron chi connectivity index (χ4n) is 3.75. The van der Waals surface area contributed by atoms with Crippen LogP contribution in [-0.4, -0.2) is 35.9 Å². The fraction of sp³-hybridized carbons (Fsp3) is 0.200. The molecule has 6 heteroatoms. The molecule has 4 rings (SSSR count). The van der Waals surface area contributed by atoms with Gasteiger partial charge < -0.3 is 15.0 Å². The maximum Gasteiger partial charge on any atom is 0.256 e. The van der Waals surface area contributed by atoms with E-state index in [-0.39, 0.29) is 24.0 Å². The van der Waals surface area contributed by atoms with E-state index < -0.39 is 0 Å². The van der Waals surface area contributed by atoms with Crippen molar-refractivity contribution in [3.63, 3.8) is 0 Å². The predicted octanol–water partition coefficient (Wildman–Crippen LogP) is 5.30. The van der Waals surface area contributed by atoms with Crippen molar-refractivity contribution < 1.29 is 14.3 Å². The molecule has 158 valence electrons. The molecule has 3 aromatic rings. The molecule has 1 aliphatic rings. The predicted molar refractivity (Wildman–Crippen MR) is 124 cm³/mol. The number of amides is 2. The van der Waals surface area contributed by atoms with Gasteiger partial charge in [0.2, 0.25) is 0 Å². The molecule has 0 bridgehead atoms. The van der Waals surface area contributed by atoms with Gasteiger partial charge in [-0.25, -0.2) is 0 Å². The Kier molecular flexibility index (Phi) is 6.49. The Morgan fingerprint density at radius 2 is 1.55 bits per heavy atom. The molecule has 3 aromatic carbocycles. The van der Waals surface area contributed by atoms with E-state index in [1.807, 2.05) is 49.4 Å². The number of ether oxygens (including phenoxy) is 1. The first-order valence-corrected chi connectivity index (χ1v) is 11.0. The number of benzene rings is 3. The molecule has 0 radical (unpaired) electrons. The van der Waals surface area contributed by atoms with Gasteiger partial charge in [0.15, 0.2) is 0 Å². The first-order valence-electron chi connectivity index (χ1n) is 10.2. The molecule has 1 heterocycles. The third-order valence-electron chi connectivity index (χ3n) is 5.24. The van der Waals surface area contributed by atoms with Gasteiger partial charge in [0.1, 0.15) is 6.10 Å². The molecule has 5 nitrogen and oxygen atoms in total. The maximum atomic E-state index is 13.4. The Morgan fingerprint density at radius 3 is 2.29 bits per heavy atom. The van der Waals surface area contributed by atoms with Crippen molar-refractivity contribution in [2.24, 2.45) is 0 Å². The number of halogens is 1. The summed E-state index contributed by atoms with van der Waals surface area (Å²) in [6, 6.07) is 24.2. The molecule has 1 fully saturated rings. The second-order valence-electron chi connectivity index (χ2n) is 7.54. The van der Waals surface area contributed by atoms with Gasteiger partial charge in [-0.05, 0) is 52.7 Å². The van der Waals surface area contributed by atoms with Gasteiger partial charge >= 0.3 is 0 Å². The van der Waals surface area contributed by atoms with Gasteiger partial charge in [-0.1, -0.05) is 54.6 Å².